The number of aromatic nitrogens is 2. The van der Waals surface area contributed by atoms with Crippen molar-refractivity contribution < 1.29 is 28.2 Å². The minimum absolute atomic E-state index is 0.410. The summed E-state index contributed by atoms with van der Waals surface area (Å²) >= 11 is 0. The summed E-state index contributed by atoms with van der Waals surface area (Å²) in [5.74, 6) is 2.73. The molecule has 2 aromatic heterocycles. The second-order valence-corrected chi connectivity index (χ2v) is 13.8. The van der Waals surface area contributed by atoms with Crippen molar-refractivity contribution in [2.45, 2.75) is 51.6 Å². The number of rotatable bonds is 10. The predicted molar refractivity (Wildman–Crippen MR) is 208 cm³/mol. The van der Waals surface area contributed by atoms with Gasteiger partial charge in [-0.15, -0.1) is 0 Å². The Labute approximate surface area is 309 Å². The molecule has 0 bridgehead atoms. The average Bonchev–Trinajstić information content (AvgIpc) is 3.17. The van der Waals surface area contributed by atoms with Gasteiger partial charge in [0, 0.05) is 53.2 Å². The van der Waals surface area contributed by atoms with E-state index in [0.717, 1.165) is 19.5 Å². The molecule has 9 heteroatoms. The normalized spacial score (nSPS) is 12.6. The topological polar surface area (TPSA) is 66.8 Å². The van der Waals surface area contributed by atoms with Crippen LogP contribution in [0.25, 0.3) is 0 Å². The van der Waals surface area contributed by atoms with E-state index in [1.165, 1.54) is 58.3 Å². The van der Waals surface area contributed by atoms with E-state index >= 15 is 0 Å². The average molecular weight is 699 g/mol. The summed E-state index contributed by atoms with van der Waals surface area (Å²) in [5, 5.41) is 0. The molecule has 0 saturated heterocycles. The molecule has 6 rings (SSSR count). The number of benzene rings is 3. The predicted octanol–water partition coefficient (Wildman–Crippen LogP) is 5.71. The van der Waals surface area contributed by atoms with Crippen molar-refractivity contribution in [2.75, 3.05) is 28.2 Å². The van der Waals surface area contributed by atoms with Crippen LogP contribution in [0.3, 0.4) is 0 Å². The van der Waals surface area contributed by atoms with Crippen LogP contribution in [0, 0.1) is 5.82 Å². The molecule has 1 saturated carbocycles. The molecule has 8 nitrogen and oxygen atoms in total. The number of nitrogens with zero attached hydrogens (tertiary/aromatic N) is 4. The van der Waals surface area contributed by atoms with Crippen LogP contribution in [0.4, 0.5) is 9.59 Å². The summed E-state index contributed by atoms with van der Waals surface area (Å²) in [6.07, 6.45) is 13.0. The SMILES string of the molecule is CN(C)C(=O)Oc1ccc[n+](CCC[n+]2cccc(OC(=O)N(C)C)c2)c1.c1ccc([B-](c2ccccc2)(c2ccccc2)[C+]2CCCCC2)cc1. The van der Waals surface area contributed by atoms with Crippen molar-refractivity contribution >= 4 is 34.7 Å². The molecular weight excluding hydrogens is 647 g/mol. The fourth-order valence-electron chi connectivity index (χ4n) is 7.16. The maximum atomic E-state index is 11.6. The first-order chi connectivity index (χ1) is 25.3. The van der Waals surface area contributed by atoms with Crippen LogP contribution in [0.15, 0.2) is 140 Å². The Hall–Kier alpha value is -5.57. The Morgan fingerprint density at radius 2 is 0.962 bits per heavy atom. The molecule has 0 atom stereocenters. The standard InChI is InChI=1S/C24H25B.C19H26N4O4/c1-5-13-21(14-6-1)25(22-15-7-2-8-16-22,23-17-9-3-10-18-23)24-19-11-4-12-20-24;1-20(2)18(24)26-16-8-5-10-22(14-16)12-7-13-23-11-6-9-17(15-23)27-19(25)21(3)4/h1-3,5-10,13-18H,4,11-12,19-20H2;5-6,8-11,14-15H,7,12-13H2,1-4H3/q;+2. The Bertz CT molecular complexity index is 1690. The molecule has 5 aromatic rings. The van der Waals surface area contributed by atoms with Crippen molar-refractivity contribution in [3.8, 4) is 11.5 Å². The summed E-state index contributed by atoms with van der Waals surface area (Å²) < 4.78 is 14.5. The first-order valence-electron chi connectivity index (χ1n) is 18.2. The number of amides is 2. The third-order valence-electron chi connectivity index (χ3n) is 9.64. The number of carbonyl (C=O) groups excluding carboxylic acids is 2. The monoisotopic (exact) mass is 698 g/mol. The van der Waals surface area contributed by atoms with Crippen LogP contribution in [0.1, 0.15) is 38.5 Å². The van der Waals surface area contributed by atoms with E-state index in [9.17, 15) is 9.59 Å². The molecule has 3 aromatic carbocycles. The van der Waals surface area contributed by atoms with Gasteiger partial charge in [0.2, 0.25) is 12.4 Å². The van der Waals surface area contributed by atoms with Crippen molar-refractivity contribution in [3.05, 3.63) is 146 Å². The number of carbonyl (C=O) groups is 2. The zero-order chi connectivity index (χ0) is 36.8. The third-order valence-corrected chi connectivity index (χ3v) is 9.64. The van der Waals surface area contributed by atoms with Crippen LogP contribution in [0.2, 0.25) is 0 Å². The molecule has 1 aliphatic carbocycles. The van der Waals surface area contributed by atoms with Gasteiger partial charge in [-0.1, -0.05) is 96.8 Å². The Kier molecular flexibility index (Phi) is 13.5. The summed E-state index contributed by atoms with van der Waals surface area (Å²) in [5.41, 5.74) is 4.37. The van der Waals surface area contributed by atoms with Crippen molar-refractivity contribution in [1.82, 2.24) is 9.80 Å². The molecule has 1 aliphatic rings. The van der Waals surface area contributed by atoms with E-state index < -0.39 is 18.3 Å². The maximum Gasteiger partial charge on any atom is 0.414 e. The van der Waals surface area contributed by atoms with E-state index in [0.29, 0.717) is 11.5 Å². The van der Waals surface area contributed by atoms with E-state index in [1.54, 1.807) is 58.5 Å². The van der Waals surface area contributed by atoms with E-state index in [1.807, 2.05) is 33.7 Å². The number of hydrogen-bond acceptors (Lipinski definition) is 4. The van der Waals surface area contributed by atoms with Gasteiger partial charge in [0.05, 0.1) is 6.42 Å². The molecule has 0 radical (unpaired) electrons. The van der Waals surface area contributed by atoms with Crippen LogP contribution in [-0.2, 0) is 13.1 Å². The highest BCUT2D eigenvalue weighted by Crippen LogP contribution is 2.33. The number of aryl methyl sites for hydroxylation is 2. The number of pyridine rings is 2. The molecule has 0 N–H and O–H groups in total. The van der Waals surface area contributed by atoms with Crippen molar-refractivity contribution in [2.24, 2.45) is 0 Å². The molecule has 0 spiro atoms. The highest BCUT2D eigenvalue weighted by Gasteiger charge is 2.47. The molecule has 0 unspecified atom stereocenters. The third kappa shape index (κ3) is 9.81. The van der Waals surface area contributed by atoms with Gasteiger partial charge in [-0.2, -0.15) is 16.4 Å². The maximum absolute atomic E-state index is 11.6. The molecular formula is C43H51BN4O4+2. The highest BCUT2D eigenvalue weighted by atomic mass is 16.6. The minimum Gasteiger partial charge on any atom is -0.404 e. The lowest BCUT2D eigenvalue weighted by molar-refractivity contribution is -0.727. The molecule has 52 heavy (non-hydrogen) atoms. The van der Waals surface area contributed by atoms with Gasteiger partial charge in [-0.25, -0.2) is 18.7 Å². The van der Waals surface area contributed by atoms with Gasteiger partial charge in [0.1, 0.15) is 0 Å². The molecule has 268 valence electrons. The van der Waals surface area contributed by atoms with Gasteiger partial charge in [-0.3, -0.25) is 0 Å². The van der Waals surface area contributed by atoms with Crippen LogP contribution in [-0.4, -0.2) is 56.3 Å². The Morgan fingerprint density at radius 3 is 1.33 bits per heavy atom. The lowest BCUT2D eigenvalue weighted by Gasteiger charge is -2.42. The number of hydrogen-bond donors (Lipinski definition) is 0. The van der Waals surface area contributed by atoms with Crippen molar-refractivity contribution in [3.63, 3.8) is 0 Å². The van der Waals surface area contributed by atoms with Gasteiger partial charge < -0.3 is 19.3 Å². The highest BCUT2D eigenvalue weighted by molar-refractivity contribution is 7.15. The summed E-state index contributed by atoms with van der Waals surface area (Å²) in [4.78, 5) is 26.0. The summed E-state index contributed by atoms with van der Waals surface area (Å²) in [7, 11) is 6.56. The van der Waals surface area contributed by atoms with Crippen molar-refractivity contribution in [1.29, 1.82) is 0 Å². The fourth-order valence-corrected chi connectivity index (χ4v) is 7.16. The van der Waals surface area contributed by atoms with Crippen LogP contribution >= 0.6 is 0 Å². The summed E-state index contributed by atoms with van der Waals surface area (Å²) in [6, 6.07) is 40.7. The van der Waals surface area contributed by atoms with E-state index in [-0.39, 0.29) is 0 Å². The quantitative estimate of drug-likeness (QED) is 0.107. The van der Waals surface area contributed by atoms with E-state index in [4.69, 9.17) is 9.47 Å². The van der Waals surface area contributed by atoms with Gasteiger partial charge in [-0.05, 0) is 31.4 Å². The lowest BCUT2D eigenvalue weighted by Crippen LogP contribution is -2.71. The van der Waals surface area contributed by atoms with Gasteiger partial charge in [0.25, 0.3) is 6.15 Å². The van der Waals surface area contributed by atoms with E-state index in [2.05, 4.69) is 91.0 Å². The summed E-state index contributed by atoms with van der Waals surface area (Å²) in [6.45, 7) is 1.50. The Morgan fingerprint density at radius 1 is 0.577 bits per heavy atom. The zero-order valence-electron chi connectivity index (χ0n) is 30.9. The largest absolute Gasteiger partial charge is 0.414 e. The van der Waals surface area contributed by atoms with Crippen LogP contribution < -0.4 is 35.0 Å². The smallest absolute Gasteiger partial charge is 0.404 e. The fraction of sp³-hybridized carbons (Fsp3) is 0.279. The Balaban J connectivity index is 0.000000201. The molecule has 2 amide bonds. The molecule has 0 aliphatic heterocycles. The van der Waals surface area contributed by atoms with Gasteiger partial charge in [0.15, 0.2) is 37.0 Å². The second-order valence-electron chi connectivity index (χ2n) is 13.8. The molecule has 1 fully saturated rings. The second kappa shape index (κ2) is 18.6. The van der Waals surface area contributed by atoms with Crippen LogP contribution in [0.5, 0.6) is 11.5 Å². The van der Waals surface area contributed by atoms with Gasteiger partial charge >= 0.3 is 12.2 Å². The minimum atomic E-state index is -1.02. The zero-order valence-corrected chi connectivity index (χ0v) is 30.9. The number of ether oxygens (including phenoxy) is 2. The first-order valence-corrected chi connectivity index (χ1v) is 18.2. The molecule has 2 heterocycles. The first kappa shape index (κ1) is 37.7. The lowest BCUT2D eigenvalue weighted by atomic mass is 9.10.